The van der Waals surface area contributed by atoms with Gasteiger partial charge in [0.05, 0.1) is 6.61 Å². The first-order valence-corrected chi connectivity index (χ1v) is 6.38. The Kier molecular flexibility index (Phi) is 6.15. The fourth-order valence-electron chi connectivity index (χ4n) is 1.06. The summed E-state index contributed by atoms with van der Waals surface area (Å²) >= 11 is 6.92. The van der Waals surface area contributed by atoms with Crippen molar-refractivity contribution in [3.63, 3.8) is 0 Å². The van der Waals surface area contributed by atoms with Gasteiger partial charge in [0, 0.05) is 18.7 Å². The van der Waals surface area contributed by atoms with E-state index in [0.29, 0.717) is 17.3 Å². The predicted molar refractivity (Wildman–Crippen MR) is 59.5 cm³/mol. The Hall–Kier alpha value is -0.400. The highest BCUT2D eigenvalue weighted by atomic mass is 35.5. The third kappa shape index (κ3) is 6.80. The summed E-state index contributed by atoms with van der Waals surface area (Å²) in [4.78, 5) is 0. The van der Waals surface area contributed by atoms with Crippen LogP contribution in [0.25, 0.3) is 0 Å². The number of hydrogen-bond acceptors (Lipinski definition) is 4. The number of aryl methyl sites for hydroxylation is 1. The van der Waals surface area contributed by atoms with Crippen molar-refractivity contribution in [3.05, 3.63) is 10.0 Å². The van der Waals surface area contributed by atoms with Crippen LogP contribution in [0.2, 0.25) is 0 Å². The second-order valence-corrected chi connectivity index (χ2v) is 4.82. The highest BCUT2D eigenvalue weighted by Crippen LogP contribution is 2.16. The first-order valence-electron chi connectivity index (χ1n) is 5.03. The predicted octanol–water partition coefficient (Wildman–Crippen LogP) is 2.83. The molecule has 3 nitrogen and oxygen atoms in total. The van der Waals surface area contributed by atoms with Crippen molar-refractivity contribution in [1.29, 1.82) is 0 Å². The molecule has 0 unspecified atom stereocenters. The Morgan fingerprint density at radius 2 is 1.82 bits per heavy atom. The van der Waals surface area contributed by atoms with Gasteiger partial charge in [-0.3, -0.25) is 0 Å². The maximum Gasteiger partial charge on any atom is 0.411 e. The molecule has 0 spiro atoms. The van der Waals surface area contributed by atoms with Crippen LogP contribution in [0.15, 0.2) is 0 Å². The van der Waals surface area contributed by atoms with Gasteiger partial charge < -0.3 is 4.74 Å². The molecule has 0 saturated carbocycles. The average molecular weight is 289 g/mol. The van der Waals surface area contributed by atoms with E-state index in [9.17, 15) is 13.2 Å². The van der Waals surface area contributed by atoms with Gasteiger partial charge in [0.25, 0.3) is 0 Å². The van der Waals surface area contributed by atoms with Gasteiger partial charge in [-0.25, -0.2) is 0 Å². The van der Waals surface area contributed by atoms with Crippen LogP contribution in [0, 0.1) is 0 Å². The minimum absolute atomic E-state index is 0.00362. The van der Waals surface area contributed by atoms with Gasteiger partial charge >= 0.3 is 6.18 Å². The van der Waals surface area contributed by atoms with Crippen LogP contribution < -0.4 is 0 Å². The molecule has 0 aliphatic heterocycles. The van der Waals surface area contributed by atoms with E-state index in [1.165, 1.54) is 11.3 Å². The molecule has 1 rings (SSSR count). The highest BCUT2D eigenvalue weighted by molar-refractivity contribution is 7.11. The molecule has 98 valence electrons. The number of aromatic nitrogens is 2. The van der Waals surface area contributed by atoms with Gasteiger partial charge in [0.2, 0.25) is 0 Å². The van der Waals surface area contributed by atoms with Crippen molar-refractivity contribution in [2.45, 2.75) is 25.4 Å². The van der Waals surface area contributed by atoms with E-state index in [4.69, 9.17) is 11.6 Å². The molecule has 0 fully saturated rings. The Morgan fingerprint density at radius 3 is 2.41 bits per heavy atom. The molecule has 0 saturated heterocycles. The molecular weight excluding hydrogens is 277 g/mol. The lowest BCUT2D eigenvalue weighted by molar-refractivity contribution is -0.173. The third-order valence-corrected chi connectivity index (χ3v) is 3.07. The van der Waals surface area contributed by atoms with E-state index in [0.717, 1.165) is 17.8 Å². The molecule has 1 heterocycles. The lowest BCUT2D eigenvalue weighted by Gasteiger charge is -2.05. The number of alkyl halides is 4. The number of rotatable bonds is 7. The summed E-state index contributed by atoms with van der Waals surface area (Å²) in [5, 5.41) is 9.33. The summed E-state index contributed by atoms with van der Waals surface area (Å²) in [7, 11) is 0. The lowest BCUT2D eigenvalue weighted by Crippen LogP contribution is -2.17. The minimum atomic E-state index is -4.27. The molecule has 8 heteroatoms. The molecule has 0 radical (unpaired) electrons. The Labute approximate surface area is 106 Å². The molecular formula is C9H12ClF3N2OS. The average Bonchev–Trinajstić information content (AvgIpc) is 2.68. The van der Waals surface area contributed by atoms with Crippen molar-refractivity contribution in [3.8, 4) is 0 Å². The number of ether oxygens (including phenoxy) is 1. The standard InChI is InChI=1S/C9H12ClF3N2OS/c10-4-1-2-7-14-15-8(17-7)3-5-16-6-9(11,12)13/h1-6H2. The fourth-order valence-corrected chi connectivity index (χ4v) is 2.06. The molecule has 17 heavy (non-hydrogen) atoms. The van der Waals surface area contributed by atoms with E-state index in [2.05, 4.69) is 14.9 Å². The summed E-state index contributed by atoms with van der Waals surface area (Å²) in [5.74, 6) is 0.559. The lowest BCUT2D eigenvalue weighted by atomic mass is 10.4. The zero-order valence-corrected chi connectivity index (χ0v) is 10.5. The first kappa shape index (κ1) is 14.7. The van der Waals surface area contributed by atoms with Crippen LogP contribution in [0.4, 0.5) is 13.2 Å². The topological polar surface area (TPSA) is 35.0 Å². The third-order valence-electron chi connectivity index (χ3n) is 1.76. The van der Waals surface area contributed by atoms with Gasteiger partial charge in [-0.05, 0) is 6.42 Å². The largest absolute Gasteiger partial charge is 0.411 e. The molecule has 0 aliphatic carbocycles. The monoisotopic (exact) mass is 288 g/mol. The molecule has 0 aromatic carbocycles. The van der Waals surface area contributed by atoms with Crippen molar-refractivity contribution in [1.82, 2.24) is 10.2 Å². The molecule has 0 aliphatic rings. The Balaban J connectivity index is 2.21. The van der Waals surface area contributed by atoms with Crippen LogP contribution in [-0.4, -0.2) is 35.5 Å². The number of hydrogen-bond donors (Lipinski definition) is 0. The van der Waals surface area contributed by atoms with Gasteiger partial charge in [0.15, 0.2) is 0 Å². The zero-order valence-electron chi connectivity index (χ0n) is 8.97. The SMILES string of the molecule is FC(F)(F)COCCc1nnc(CCCCl)s1. The van der Waals surface area contributed by atoms with Gasteiger partial charge in [-0.2, -0.15) is 13.2 Å². The van der Waals surface area contributed by atoms with Crippen molar-refractivity contribution in [2.75, 3.05) is 19.1 Å². The smallest absolute Gasteiger partial charge is 0.372 e. The number of halogens is 4. The van der Waals surface area contributed by atoms with E-state index < -0.39 is 12.8 Å². The summed E-state index contributed by atoms with van der Waals surface area (Å²) in [5.41, 5.74) is 0. The summed E-state index contributed by atoms with van der Waals surface area (Å²) < 4.78 is 39.8. The quantitative estimate of drug-likeness (QED) is 0.572. The number of nitrogens with zero attached hydrogens (tertiary/aromatic N) is 2. The van der Waals surface area contributed by atoms with Crippen LogP contribution >= 0.6 is 22.9 Å². The Bertz CT molecular complexity index is 332. The van der Waals surface area contributed by atoms with E-state index in [1.807, 2.05) is 0 Å². The van der Waals surface area contributed by atoms with E-state index >= 15 is 0 Å². The minimum Gasteiger partial charge on any atom is -0.372 e. The summed E-state index contributed by atoms with van der Waals surface area (Å²) in [6, 6.07) is 0. The second kappa shape index (κ2) is 7.13. The van der Waals surface area contributed by atoms with Crippen LogP contribution in [0.3, 0.4) is 0 Å². The maximum atomic E-state index is 11.8. The van der Waals surface area contributed by atoms with Crippen molar-refractivity contribution in [2.24, 2.45) is 0 Å². The highest BCUT2D eigenvalue weighted by Gasteiger charge is 2.27. The zero-order chi connectivity index (χ0) is 12.7. The van der Waals surface area contributed by atoms with E-state index in [1.54, 1.807) is 0 Å². The van der Waals surface area contributed by atoms with Crippen molar-refractivity contribution < 1.29 is 17.9 Å². The van der Waals surface area contributed by atoms with Crippen LogP contribution in [0.1, 0.15) is 16.4 Å². The molecule has 1 aromatic heterocycles. The normalized spacial score (nSPS) is 12.0. The molecule has 0 amide bonds. The second-order valence-electron chi connectivity index (χ2n) is 3.30. The van der Waals surface area contributed by atoms with E-state index in [-0.39, 0.29) is 6.61 Å². The fraction of sp³-hybridized carbons (Fsp3) is 0.778. The Morgan fingerprint density at radius 1 is 1.18 bits per heavy atom. The van der Waals surface area contributed by atoms with Gasteiger partial charge in [0.1, 0.15) is 16.6 Å². The van der Waals surface area contributed by atoms with Crippen LogP contribution in [-0.2, 0) is 17.6 Å². The molecule has 0 N–H and O–H groups in total. The van der Waals surface area contributed by atoms with Crippen molar-refractivity contribution >= 4 is 22.9 Å². The van der Waals surface area contributed by atoms with Gasteiger partial charge in [-0.1, -0.05) is 0 Å². The van der Waals surface area contributed by atoms with Gasteiger partial charge in [-0.15, -0.1) is 33.1 Å². The first-order chi connectivity index (χ1) is 8.01. The van der Waals surface area contributed by atoms with Crippen LogP contribution in [0.5, 0.6) is 0 Å². The summed E-state index contributed by atoms with van der Waals surface area (Å²) in [6.45, 7) is -1.21. The molecule has 1 aromatic rings. The maximum absolute atomic E-state index is 11.8. The molecule has 0 bridgehead atoms. The molecule has 0 atom stereocenters. The summed E-state index contributed by atoms with van der Waals surface area (Å²) in [6.07, 6.45) is -2.34.